The highest BCUT2D eigenvalue weighted by Crippen LogP contribution is 2.32. The number of aliphatic carboxylic acids is 2. The van der Waals surface area contributed by atoms with Gasteiger partial charge in [0.1, 0.15) is 5.82 Å². The molecule has 0 radical (unpaired) electrons. The van der Waals surface area contributed by atoms with E-state index in [1.54, 1.807) is 54.2 Å². The molecule has 1 heterocycles. The summed E-state index contributed by atoms with van der Waals surface area (Å²) in [5, 5.41) is 18.4. The molecular formula is C43H40ClFN2O6. The van der Waals surface area contributed by atoms with Gasteiger partial charge in [0.05, 0.1) is 13.1 Å². The van der Waals surface area contributed by atoms with Crippen molar-refractivity contribution in [3.8, 4) is 35.2 Å². The van der Waals surface area contributed by atoms with E-state index in [-0.39, 0.29) is 25.7 Å². The molecule has 5 rings (SSSR count). The van der Waals surface area contributed by atoms with Gasteiger partial charge in [0, 0.05) is 45.9 Å². The Morgan fingerprint density at radius 2 is 1.38 bits per heavy atom. The number of aryl methyl sites for hydroxylation is 1. The van der Waals surface area contributed by atoms with Crippen molar-refractivity contribution < 1.29 is 33.7 Å². The second kappa shape index (κ2) is 20.3. The summed E-state index contributed by atoms with van der Waals surface area (Å²) in [4.78, 5) is 25.0. The molecule has 0 atom stereocenters. The zero-order chi connectivity index (χ0) is 38.2. The first kappa shape index (κ1) is 39.9. The van der Waals surface area contributed by atoms with E-state index in [0.717, 1.165) is 28.7 Å². The van der Waals surface area contributed by atoms with E-state index in [1.165, 1.54) is 17.7 Å². The second-order valence-electron chi connectivity index (χ2n) is 12.0. The van der Waals surface area contributed by atoms with Gasteiger partial charge in [-0.1, -0.05) is 96.8 Å². The molecule has 272 valence electrons. The molecule has 0 bridgehead atoms. The average molecular weight is 735 g/mol. The van der Waals surface area contributed by atoms with Gasteiger partial charge in [0.2, 0.25) is 6.79 Å². The van der Waals surface area contributed by atoms with Gasteiger partial charge in [0.15, 0.2) is 11.5 Å². The SMILES string of the molecule is CCc1ccc(C#CC(=CCN(C)CC(=O)O)c2ccccc2Cl)cc1.CN(CC=C(C#Cc1ccc2c(c1)OCO2)c1cccc(F)c1)CC(=O)O. The first-order chi connectivity index (χ1) is 25.5. The topological polar surface area (TPSA) is 99.5 Å². The van der Waals surface area contributed by atoms with Crippen LogP contribution < -0.4 is 9.47 Å². The normalized spacial score (nSPS) is 11.9. The maximum atomic E-state index is 13.6. The second-order valence-corrected chi connectivity index (χ2v) is 12.4. The summed E-state index contributed by atoms with van der Waals surface area (Å²) < 4.78 is 24.2. The monoisotopic (exact) mass is 734 g/mol. The number of halogens is 2. The molecule has 4 aromatic carbocycles. The van der Waals surface area contributed by atoms with E-state index in [0.29, 0.717) is 40.7 Å². The third-order valence-corrected chi connectivity index (χ3v) is 8.07. The van der Waals surface area contributed by atoms with Crippen LogP contribution in [0.4, 0.5) is 4.39 Å². The Morgan fingerprint density at radius 1 is 0.774 bits per heavy atom. The van der Waals surface area contributed by atoms with Crippen molar-refractivity contribution in [1.29, 1.82) is 0 Å². The van der Waals surface area contributed by atoms with Crippen LogP contribution >= 0.6 is 11.6 Å². The summed E-state index contributed by atoms with van der Waals surface area (Å²) in [5.41, 5.74) is 5.81. The van der Waals surface area contributed by atoms with Crippen molar-refractivity contribution in [2.24, 2.45) is 0 Å². The number of ether oxygens (including phenoxy) is 2. The van der Waals surface area contributed by atoms with Crippen LogP contribution in [0.15, 0.2) is 103 Å². The lowest BCUT2D eigenvalue weighted by Gasteiger charge is -2.12. The molecule has 0 unspecified atom stereocenters. The molecule has 10 heteroatoms. The van der Waals surface area contributed by atoms with Crippen LogP contribution in [0.3, 0.4) is 0 Å². The summed E-state index contributed by atoms with van der Waals surface area (Å²) in [6, 6.07) is 27.2. The summed E-state index contributed by atoms with van der Waals surface area (Å²) in [7, 11) is 3.45. The van der Waals surface area contributed by atoms with Gasteiger partial charge in [-0.15, -0.1) is 0 Å². The number of carboxylic acid groups (broad SMARTS) is 2. The fourth-order valence-electron chi connectivity index (χ4n) is 4.97. The minimum atomic E-state index is -0.912. The summed E-state index contributed by atoms with van der Waals surface area (Å²) >= 11 is 6.32. The van der Waals surface area contributed by atoms with Crippen LogP contribution in [0.25, 0.3) is 11.1 Å². The van der Waals surface area contributed by atoms with Crippen molar-refractivity contribution in [2.45, 2.75) is 13.3 Å². The minimum Gasteiger partial charge on any atom is -0.480 e. The molecule has 0 saturated carbocycles. The number of hydrogen-bond acceptors (Lipinski definition) is 6. The summed E-state index contributed by atoms with van der Waals surface area (Å²) in [5.74, 6) is 11.7. The molecular weight excluding hydrogens is 695 g/mol. The third-order valence-electron chi connectivity index (χ3n) is 7.74. The Balaban J connectivity index is 0.000000237. The third kappa shape index (κ3) is 13.3. The Morgan fingerprint density at radius 3 is 2.02 bits per heavy atom. The number of likely N-dealkylation sites (N-methyl/N-ethyl adjacent to an activating group) is 2. The molecule has 0 aliphatic carbocycles. The number of hydrogen-bond donors (Lipinski definition) is 2. The predicted octanol–water partition coefficient (Wildman–Crippen LogP) is 7.36. The van der Waals surface area contributed by atoms with Crippen LogP contribution in [0.1, 0.15) is 34.7 Å². The largest absolute Gasteiger partial charge is 0.480 e. The zero-order valence-corrected chi connectivity index (χ0v) is 30.5. The number of fused-ring (bicyclic) bond motifs is 1. The Labute approximate surface area is 314 Å². The lowest BCUT2D eigenvalue weighted by molar-refractivity contribution is -0.138. The number of carboxylic acids is 2. The van der Waals surface area contributed by atoms with E-state index in [1.807, 2.05) is 48.5 Å². The number of nitrogens with zero attached hydrogens (tertiary/aromatic N) is 2. The van der Waals surface area contributed by atoms with E-state index in [2.05, 4.69) is 42.7 Å². The standard InChI is InChI=1S/C22H22ClNO2.C21H18FNO4/c1-3-17-8-10-18(11-9-17)12-13-19(14-15-24(2)16-22(25)26)20-6-4-5-7-21(20)23;1-23(13-21(24)25)10-9-16(17-3-2-4-18(22)12-17)7-5-15-6-8-19-20(11-15)27-14-26-19/h4-11,14H,3,15-16H2,1-2H3,(H,25,26);2-4,6,8-9,11-12H,10,13-14H2,1H3,(H,24,25). The van der Waals surface area contributed by atoms with Gasteiger partial charge >= 0.3 is 11.9 Å². The molecule has 0 spiro atoms. The first-order valence-corrected chi connectivity index (χ1v) is 17.1. The van der Waals surface area contributed by atoms with E-state index < -0.39 is 11.9 Å². The molecule has 0 aromatic heterocycles. The lowest BCUT2D eigenvalue weighted by Crippen LogP contribution is -2.25. The molecule has 0 amide bonds. The van der Waals surface area contributed by atoms with Crippen LogP contribution in [0, 0.1) is 29.5 Å². The summed E-state index contributed by atoms with van der Waals surface area (Å²) in [6.45, 7) is 3.02. The van der Waals surface area contributed by atoms with Gasteiger partial charge in [-0.05, 0) is 80.2 Å². The van der Waals surface area contributed by atoms with E-state index >= 15 is 0 Å². The Bertz CT molecular complexity index is 2090. The smallest absolute Gasteiger partial charge is 0.317 e. The minimum absolute atomic E-state index is 0.0296. The van der Waals surface area contributed by atoms with Crippen LogP contribution in [0.2, 0.25) is 5.02 Å². The highest BCUT2D eigenvalue weighted by atomic mass is 35.5. The van der Waals surface area contributed by atoms with Crippen molar-refractivity contribution in [3.05, 3.63) is 142 Å². The van der Waals surface area contributed by atoms with Gasteiger partial charge in [-0.3, -0.25) is 19.4 Å². The molecule has 1 aliphatic heterocycles. The van der Waals surface area contributed by atoms with Gasteiger partial charge < -0.3 is 19.7 Å². The molecule has 2 N–H and O–H groups in total. The zero-order valence-electron chi connectivity index (χ0n) is 29.7. The van der Waals surface area contributed by atoms with Gasteiger partial charge in [-0.2, -0.15) is 0 Å². The molecule has 53 heavy (non-hydrogen) atoms. The fraction of sp³-hybridized carbons (Fsp3) is 0.209. The van der Waals surface area contributed by atoms with Crippen molar-refractivity contribution in [3.63, 3.8) is 0 Å². The van der Waals surface area contributed by atoms with Crippen molar-refractivity contribution >= 4 is 34.7 Å². The van der Waals surface area contributed by atoms with Crippen molar-refractivity contribution in [1.82, 2.24) is 9.80 Å². The molecule has 1 aliphatic rings. The molecule has 0 saturated heterocycles. The molecule has 0 fully saturated rings. The Kier molecular flexibility index (Phi) is 15.3. The highest BCUT2D eigenvalue weighted by Gasteiger charge is 2.13. The number of benzene rings is 4. The number of allylic oxidation sites excluding steroid dienone is 2. The van der Waals surface area contributed by atoms with Crippen molar-refractivity contribution in [2.75, 3.05) is 47.1 Å². The van der Waals surface area contributed by atoms with Gasteiger partial charge in [-0.25, -0.2) is 4.39 Å². The quantitative estimate of drug-likeness (QED) is 0.154. The van der Waals surface area contributed by atoms with Gasteiger partial charge in [0.25, 0.3) is 0 Å². The maximum Gasteiger partial charge on any atom is 0.317 e. The van der Waals surface area contributed by atoms with Crippen LogP contribution in [-0.2, 0) is 16.0 Å². The molecule has 4 aromatic rings. The van der Waals surface area contributed by atoms with Crippen LogP contribution in [0.5, 0.6) is 11.5 Å². The Hall–Kier alpha value is -5.84. The number of rotatable bonds is 11. The van der Waals surface area contributed by atoms with Crippen LogP contribution in [-0.4, -0.2) is 79.0 Å². The molecule has 8 nitrogen and oxygen atoms in total. The maximum absolute atomic E-state index is 13.6. The first-order valence-electron chi connectivity index (χ1n) is 16.7. The average Bonchev–Trinajstić information content (AvgIpc) is 3.60. The van der Waals surface area contributed by atoms with E-state index in [9.17, 15) is 14.0 Å². The summed E-state index contributed by atoms with van der Waals surface area (Å²) in [6.07, 6.45) is 4.70. The predicted molar refractivity (Wildman–Crippen MR) is 206 cm³/mol. The highest BCUT2D eigenvalue weighted by molar-refractivity contribution is 6.32. The fourth-order valence-corrected chi connectivity index (χ4v) is 5.20. The number of carbonyl (C=O) groups is 2. The van der Waals surface area contributed by atoms with E-state index in [4.69, 9.17) is 31.3 Å². The lowest BCUT2D eigenvalue weighted by atomic mass is 10.0.